The van der Waals surface area contributed by atoms with Crippen molar-refractivity contribution >= 4 is 0 Å². The molecule has 16 heavy (non-hydrogen) atoms. The van der Waals surface area contributed by atoms with E-state index < -0.39 is 0 Å². The molecular weight excluding hydrogens is 200 g/mol. The topological polar surface area (TPSA) is 26.2 Å². The summed E-state index contributed by atoms with van der Waals surface area (Å²) < 4.78 is 7.74. The molecule has 90 valence electrons. The summed E-state index contributed by atoms with van der Waals surface area (Å²) in [6, 6.07) is 2.18. The number of nitrogens with zero attached hydrogens (tertiary/aromatic N) is 1. The first-order valence-electron chi connectivity index (χ1n) is 6.19. The van der Waals surface area contributed by atoms with Crippen LogP contribution in [0.5, 0.6) is 0 Å². The van der Waals surface area contributed by atoms with Crippen molar-refractivity contribution in [3.8, 4) is 0 Å². The Kier molecular flexibility index (Phi) is 3.66. The van der Waals surface area contributed by atoms with Crippen LogP contribution in [-0.2, 0) is 17.8 Å². The summed E-state index contributed by atoms with van der Waals surface area (Å²) in [5, 5.41) is 3.61. The average molecular weight is 222 g/mol. The smallest absolute Gasteiger partial charge is 0.0645 e. The van der Waals surface area contributed by atoms with Crippen LogP contribution in [0.3, 0.4) is 0 Å². The SMILES string of the molecule is CCn1ccc(CNC2(C)CCCOC2)c1. The minimum Gasteiger partial charge on any atom is -0.380 e. The molecular formula is C13H22N2O. The minimum absolute atomic E-state index is 0.159. The van der Waals surface area contributed by atoms with E-state index in [0.29, 0.717) is 0 Å². The van der Waals surface area contributed by atoms with Crippen LogP contribution in [0.1, 0.15) is 32.3 Å². The first kappa shape index (κ1) is 11.7. The molecule has 1 aliphatic heterocycles. The number of hydrogen-bond donors (Lipinski definition) is 1. The molecule has 1 N–H and O–H groups in total. The fourth-order valence-electron chi connectivity index (χ4n) is 2.18. The van der Waals surface area contributed by atoms with Crippen LogP contribution < -0.4 is 5.32 Å². The Morgan fingerprint density at radius 3 is 3.06 bits per heavy atom. The van der Waals surface area contributed by atoms with Gasteiger partial charge < -0.3 is 14.6 Å². The van der Waals surface area contributed by atoms with Crippen molar-refractivity contribution in [1.29, 1.82) is 0 Å². The summed E-state index contributed by atoms with van der Waals surface area (Å²) >= 11 is 0. The number of hydrogen-bond acceptors (Lipinski definition) is 2. The van der Waals surface area contributed by atoms with Crippen molar-refractivity contribution in [3.63, 3.8) is 0 Å². The van der Waals surface area contributed by atoms with Gasteiger partial charge in [0.1, 0.15) is 0 Å². The van der Waals surface area contributed by atoms with E-state index in [1.807, 2.05) is 0 Å². The van der Waals surface area contributed by atoms with Crippen LogP contribution in [0.25, 0.3) is 0 Å². The van der Waals surface area contributed by atoms with Gasteiger partial charge in [0.25, 0.3) is 0 Å². The van der Waals surface area contributed by atoms with E-state index in [9.17, 15) is 0 Å². The molecule has 2 rings (SSSR count). The maximum atomic E-state index is 5.53. The molecule has 1 atom stereocenters. The molecule has 0 aliphatic carbocycles. The Labute approximate surface area is 97.8 Å². The highest BCUT2D eigenvalue weighted by Gasteiger charge is 2.26. The molecule has 0 bridgehead atoms. The quantitative estimate of drug-likeness (QED) is 0.845. The fourth-order valence-corrected chi connectivity index (χ4v) is 2.18. The summed E-state index contributed by atoms with van der Waals surface area (Å²) in [6.07, 6.45) is 6.72. The van der Waals surface area contributed by atoms with Gasteiger partial charge in [0.05, 0.1) is 6.61 Å². The predicted octanol–water partition coefficient (Wildman–Crippen LogP) is 2.17. The van der Waals surface area contributed by atoms with Gasteiger partial charge in [-0.05, 0) is 38.3 Å². The highest BCUT2D eigenvalue weighted by molar-refractivity contribution is 5.10. The Hall–Kier alpha value is -0.800. The first-order chi connectivity index (χ1) is 7.72. The molecule has 1 aliphatic rings. The normalized spacial score (nSPS) is 25.9. The van der Waals surface area contributed by atoms with Gasteiger partial charge in [-0.3, -0.25) is 0 Å². The molecule has 1 aromatic heterocycles. The lowest BCUT2D eigenvalue weighted by Gasteiger charge is -2.34. The average Bonchev–Trinajstić information content (AvgIpc) is 2.75. The molecule has 3 nitrogen and oxygen atoms in total. The largest absolute Gasteiger partial charge is 0.380 e. The lowest BCUT2D eigenvalue weighted by Crippen LogP contribution is -2.48. The van der Waals surface area contributed by atoms with Crippen molar-refractivity contribution < 1.29 is 4.74 Å². The molecule has 3 heteroatoms. The van der Waals surface area contributed by atoms with E-state index in [2.05, 4.69) is 42.2 Å². The molecule has 1 saturated heterocycles. The second-order valence-corrected chi connectivity index (χ2v) is 4.92. The second kappa shape index (κ2) is 5.02. The van der Waals surface area contributed by atoms with Crippen molar-refractivity contribution in [2.75, 3.05) is 13.2 Å². The van der Waals surface area contributed by atoms with Crippen LogP contribution in [0, 0.1) is 0 Å². The number of ether oxygens (including phenoxy) is 1. The van der Waals surface area contributed by atoms with Gasteiger partial charge in [-0.2, -0.15) is 0 Å². The Balaban J connectivity index is 1.86. The van der Waals surface area contributed by atoms with Crippen LogP contribution in [0.4, 0.5) is 0 Å². The maximum Gasteiger partial charge on any atom is 0.0645 e. The summed E-state index contributed by atoms with van der Waals surface area (Å²) in [7, 11) is 0. The molecule has 1 aromatic rings. The van der Waals surface area contributed by atoms with Gasteiger partial charge in [-0.25, -0.2) is 0 Å². The van der Waals surface area contributed by atoms with Crippen molar-refractivity contribution in [1.82, 2.24) is 9.88 Å². The predicted molar refractivity (Wildman–Crippen MR) is 65.4 cm³/mol. The van der Waals surface area contributed by atoms with Crippen molar-refractivity contribution in [2.24, 2.45) is 0 Å². The van der Waals surface area contributed by atoms with E-state index in [1.165, 1.54) is 18.4 Å². The highest BCUT2D eigenvalue weighted by atomic mass is 16.5. The first-order valence-corrected chi connectivity index (χ1v) is 6.19. The lowest BCUT2D eigenvalue weighted by atomic mass is 9.95. The summed E-state index contributed by atoms with van der Waals surface area (Å²) in [5.41, 5.74) is 1.51. The lowest BCUT2D eigenvalue weighted by molar-refractivity contribution is 0.0278. The van der Waals surface area contributed by atoms with Crippen molar-refractivity contribution in [2.45, 2.75) is 45.3 Å². The number of aromatic nitrogens is 1. The summed E-state index contributed by atoms with van der Waals surface area (Å²) in [6.45, 7) is 8.15. The Morgan fingerprint density at radius 2 is 2.44 bits per heavy atom. The van der Waals surface area contributed by atoms with Gasteiger partial charge >= 0.3 is 0 Å². The van der Waals surface area contributed by atoms with Gasteiger partial charge in [-0.15, -0.1) is 0 Å². The Bertz CT molecular complexity index is 326. The molecule has 0 saturated carbocycles. The van der Waals surface area contributed by atoms with Gasteiger partial charge in [0, 0.05) is 37.6 Å². The zero-order chi connectivity index (χ0) is 11.4. The third-order valence-electron chi connectivity index (χ3n) is 3.33. The van der Waals surface area contributed by atoms with Crippen molar-refractivity contribution in [3.05, 3.63) is 24.0 Å². The maximum absolute atomic E-state index is 5.53. The van der Waals surface area contributed by atoms with Gasteiger partial charge in [-0.1, -0.05) is 0 Å². The van der Waals surface area contributed by atoms with Crippen LogP contribution >= 0.6 is 0 Å². The molecule has 0 amide bonds. The van der Waals surface area contributed by atoms with Crippen LogP contribution in [-0.4, -0.2) is 23.3 Å². The van der Waals surface area contributed by atoms with E-state index in [-0.39, 0.29) is 5.54 Å². The summed E-state index contributed by atoms with van der Waals surface area (Å²) in [4.78, 5) is 0. The Morgan fingerprint density at radius 1 is 1.56 bits per heavy atom. The van der Waals surface area contributed by atoms with E-state index in [1.54, 1.807) is 0 Å². The summed E-state index contributed by atoms with van der Waals surface area (Å²) in [5.74, 6) is 0. The molecule has 1 unspecified atom stereocenters. The number of rotatable bonds is 4. The van der Waals surface area contributed by atoms with E-state index >= 15 is 0 Å². The molecule has 0 spiro atoms. The molecule has 1 fully saturated rings. The van der Waals surface area contributed by atoms with Crippen LogP contribution in [0.15, 0.2) is 18.5 Å². The molecule has 2 heterocycles. The zero-order valence-corrected chi connectivity index (χ0v) is 10.3. The highest BCUT2D eigenvalue weighted by Crippen LogP contribution is 2.18. The minimum atomic E-state index is 0.159. The standard InChI is InChI=1S/C13H22N2O/c1-3-15-7-5-12(10-15)9-14-13(2)6-4-8-16-11-13/h5,7,10,14H,3-4,6,8-9,11H2,1-2H3. The molecule has 0 radical (unpaired) electrons. The second-order valence-electron chi connectivity index (χ2n) is 4.92. The number of aryl methyl sites for hydroxylation is 1. The van der Waals surface area contributed by atoms with E-state index in [4.69, 9.17) is 4.74 Å². The third kappa shape index (κ3) is 2.86. The van der Waals surface area contributed by atoms with E-state index in [0.717, 1.165) is 26.3 Å². The number of nitrogens with one attached hydrogen (secondary N) is 1. The van der Waals surface area contributed by atoms with Crippen LogP contribution in [0.2, 0.25) is 0 Å². The zero-order valence-electron chi connectivity index (χ0n) is 10.3. The monoisotopic (exact) mass is 222 g/mol. The third-order valence-corrected chi connectivity index (χ3v) is 3.33. The molecule has 0 aromatic carbocycles. The van der Waals surface area contributed by atoms with Gasteiger partial charge in [0.15, 0.2) is 0 Å². The fraction of sp³-hybridized carbons (Fsp3) is 0.692. The van der Waals surface area contributed by atoms with Gasteiger partial charge in [0.2, 0.25) is 0 Å².